The summed E-state index contributed by atoms with van der Waals surface area (Å²) in [7, 11) is 0. The van der Waals surface area contributed by atoms with Gasteiger partial charge in [-0.1, -0.05) is 18.2 Å². The van der Waals surface area contributed by atoms with Crippen LogP contribution >= 0.6 is 11.8 Å². The molecule has 1 N–H and O–H groups in total. The Morgan fingerprint density at radius 2 is 2.32 bits per heavy atom. The summed E-state index contributed by atoms with van der Waals surface area (Å²) in [6, 6.07) is 8.50. The molecule has 118 valence electrons. The number of thioether (sulfide) groups is 1. The van der Waals surface area contributed by atoms with Crippen molar-refractivity contribution in [1.29, 1.82) is 0 Å². The standard InChI is InChI=1S/C17H22N2O2S/c20-16(19-8-5-13-3-1-2-4-15(13)19)18-14-6-9-21-17(11-14)7-10-22-12-17/h1-4,14H,5-12H2,(H,18,20)/t14-,17-/m0/s1. The van der Waals surface area contributed by atoms with Gasteiger partial charge in [0.15, 0.2) is 0 Å². The normalized spacial score (nSPS) is 30.5. The topological polar surface area (TPSA) is 41.6 Å². The molecule has 0 radical (unpaired) electrons. The van der Waals surface area contributed by atoms with Crippen molar-refractivity contribution in [3.8, 4) is 0 Å². The smallest absolute Gasteiger partial charge is 0.322 e. The fourth-order valence-corrected chi connectivity index (χ4v) is 5.19. The molecule has 4 nitrogen and oxygen atoms in total. The first-order valence-electron chi connectivity index (χ1n) is 8.13. The van der Waals surface area contributed by atoms with Gasteiger partial charge in [0.25, 0.3) is 0 Å². The van der Waals surface area contributed by atoms with E-state index >= 15 is 0 Å². The fraction of sp³-hybridized carbons (Fsp3) is 0.588. The third-order valence-corrected chi connectivity index (χ3v) is 6.24. The molecule has 2 saturated heterocycles. The second-order valence-corrected chi connectivity index (χ2v) is 7.61. The van der Waals surface area contributed by atoms with E-state index in [-0.39, 0.29) is 17.7 Å². The average Bonchev–Trinajstić information content (AvgIpc) is 3.14. The van der Waals surface area contributed by atoms with E-state index in [2.05, 4.69) is 11.4 Å². The Balaban J connectivity index is 1.42. The van der Waals surface area contributed by atoms with E-state index in [0.29, 0.717) is 0 Å². The van der Waals surface area contributed by atoms with Gasteiger partial charge in [-0.05, 0) is 43.1 Å². The number of hydrogen-bond acceptors (Lipinski definition) is 3. The second kappa shape index (κ2) is 5.78. The maximum atomic E-state index is 12.6. The van der Waals surface area contributed by atoms with Crippen LogP contribution in [0.2, 0.25) is 0 Å². The molecule has 2 atom stereocenters. The average molecular weight is 318 g/mol. The molecule has 0 unspecified atom stereocenters. The molecule has 2 amide bonds. The quantitative estimate of drug-likeness (QED) is 0.866. The van der Waals surface area contributed by atoms with Crippen molar-refractivity contribution >= 4 is 23.5 Å². The number of para-hydroxylation sites is 1. The fourth-order valence-electron chi connectivity index (χ4n) is 3.82. The van der Waals surface area contributed by atoms with Crippen LogP contribution in [0.15, 0.2) is 24.3 Å². The Labute approximate surface area is 135 Å². The maximum Gasteiger partial charge on any atom is 0.322 e. The Bertz CT molecular complexity index is 572. The molecule has 5 heteroatoms. The molecule has 22 heavy (non-hydrogen) atoms. The molecule has 0 aromatic heterocycles. The molecule has 0 saturated carbocycles. The van der Waals surface area contributed by atoms with Gasteiger partial charge in [-0.2, -0.15) is 11.8 Å². The van der Waals surface area contributed by atoms with Crippen LogP contribution in [0.1, 0.15) is 24.8 Å². The molecule has 3 heterocycles. The number of carbonyl (C=O) groups is 1. The maximum absolute atomic E-state index is 12.6. The van der Waals surface area contributed by atoms with Crippen LogP contribution < -0.4 is 10.2 Å². The zero-order chi connectivity index (χ0) is 15.0. The van der Waals surface area contributed by atoms with E-state index in [4.69, 9.17) is 4.74 Å². The number of benzene rings is 1. The predicted molar refractivity (Wildman–Crippen MR) is 89.7 cm³/mol. The molecule has 3 aliphatic heterocycles. The minimum Gasteiger partial charge on any atom is -0.374 e. The van der Waals surface area contributed by atoms with E-state index < -0.39 is 0 Å². The van der Waals surface area contributed by atoms with E-state index in [1.807, 2.05) is 34.9 Å². The number of amides is 2. The first-order valence-corrected chi connectivity index (χ1v) is 9.29. The van der Waals surface area contributed by atoms with Crippen LogP contribution in [0, 0.1) is 0 Å². The van der Waals surface area contributed by atoms with Crippen LogP contribution in [0.4, 0.5) is 10.5 Å². The Hall–Kier alpha value is -1.20. The summed E-state index contributed by atoms with van der Waals surface area (Å²) in [5, 5.41) is 3.25. The van der Waals surface area contributed by atoms with Gasteiger partial charge in [-0.25, -0.2) is 4.79 Å². The third kappa shape index (κ3) is 2.61. The molecule has 3 aliphatic rings. The monoisotopic (exact) mass is 318 g/mol. The predicted octanol–water partition coefficient (Wildman–Crippen LogP) is 2.81. The number of anilines is 1. The van der Waals surface area contributed by atoms with Gasteiger partial charge in [0.1, 0.15) is 0 Å². The molecular formula is C17H22N2O2S. The van der Waals surface area contributed by atoms with Crippen LogP contribution in [0.3, 0.4) is 0 Å². The summed E-state index contributed by atoms with van der Waals surface area (Å²) < 4.78 is 6.03. The van der Waals surface area contributed by atoms with Gasteiger partial charge in [0.2, 0.25) is 0 Å². The van der Waals surface area contributed by atoms with Crippen molar-refractivity contribution in [2.75, 3.05) is 29.6 Å². The van der Waals surface area contributed by atoms with Gasteiger partial charge in [0.05, 0.1) is 5.60 Å². The van der Waals surface area contributed by atoms with Crippen molar-refractivity contribution in [2.24, 2.45) is 0 Å². The third-order valence-electron chi connectivity index (χ3n) is 5.02. The van der Waals surface area contributed by atoms with Crippen LogP contribution in [-0.4, -0.2) is 42.3 Å². The molecule has 0 aliphatic carbocycles. The molecule has 1 spiro atoms. The number of urea groups is 1. The zero-order valence-corrected chi connectivity index (χ0v) is 13.5. The lowest BCUT2D eigenvalue weighted by atomic mass is 9.90. The SMILES string of the molecule is O=C(N[C@H]1CCO[C@@]2(CCSC2)C1)N1CCc2ccccc21. The molecular weight excluding hydrogens is 296 g/mol. The minimum atomic E-state index is 0.0176. The van der Waals surface area contributed by atoms with Gasteiger partial charge >= 0.3 is 6.03 Å². The van der Waals surface area contributed by atoms with Gasteiger partial charge in [-0.3, -0.25) is 4.90 Å². The van der Waals surface area contributed by atoms with Gasteiger partial charge in [0, 0.05) is 30.6 Å². The van der Waals surface area contributed by atoms with E-state index in [0.717, 1.165) is 50.3 Å². The van der Waals surface area contributed by atoms with Gasteiger partial charge < -0.3 is 10.1 Å². The largest absolute Gasteiger partial charge is 0.374 e. The Morgan fingerprint density at radius 1 is 1.41 bits per heavy atom. The van der Waals surface area contributed by atoms with Crippen molar-refractivity contribution in [1.82, 2.24) is 5.32 Å². The number of hydrogen-bond donors (Lipinski definition) is 1. The highest BCUT2D eigenvalue weighted by Crippen LogP contribution is 2.38. The Kier molecular flexibility index (Phi) is 3.78. The summed E-state index contributed by atoms with van der Waals surface area (Å²) in [4.78, 5) is 14.5. The highest BCUT2D eigenvalue weighted by Gasteiger charge is 2.41. The highest BCUT2D eigenvalue weighted by molar-refractivity contribution is 7.99. The van der Waals surface area contributed by atoms with Crippen molar-refractivity contribution < 1.29 is 9.53 Å². The molecule has 2 fully saturated rings. The number of fused-ring (bicyclic) bond motifs is 1. The molecule has 1 aromatic carbocycles. The zero-order valence-electron chi connectivity index (χ0n) is 12.7. The van der Waals surface area contributed by atoms with E-state index in [1.165, 1.54) is 11.3 Å². The number of nitrogens with one attached hydrogen (secondary N) is 1. The lowest BCUT2D eigenvalue weighted by Gasteiger charge is -2.38. The molecule has 1 aromatic rings. The van der Waals surface area contributed by atoms with Crippen molar-refractivity contribution in [2.45, 2.75) is 37.3 Å². The van der Waals surface area contributed by atoms with Crippen molar-refractivity contribution in [3.05, 3.63) is 29.8 Å². The number of ether oxygens (including phenoxy) is 1. The summed E-state index contributed by atoms with van der Waals surface area (Å²) in [6.07, 6.45) is 3.96. The molecule has 0 bridgehead atoms. The number of nitrogens with zero attached hydrogens (tertiary/aromatic N) is 1. The lowest BCUT2D eigenvalue weighted by molar-refractivity contribution is -0.0683. The van der Waals surface area contributed by atoms with E-state index in [9.17, 15) is 4.79 Å². The highest BCUT2D eigenvalue weighted by atomic mass is 32.2. The van der Waals surface area contributed by atoms with Crippen LogP contribution in [0.5, 0.6) is 0 Å². The van der Waals surface area contributed by atoms with Gasteiger partial charge in [-0.15, -0.1) is 0 Å². The number of carbonyl (C=O) groups excluding carboxylic acids is 1. The first-order chi connectivity index (χ1) is 10.8. The minimum absolute atomic E-state index is 0.0176. The second-order valence-electron chi connectivity index (χ2n) is 6.50. The Morgan fingerprint density at radius 3 is 3.18 bits per heavy atom. The van der Waals surface area contributed by atoms with E-state index in [1.54, 1.807) is 0 Å². The number of rotatable bonds is 1. The van der Waals surface area contributed by atoms with Crippen LogP contribution in [0.25, 0.3) is 0 Å². The van der Waals surface area contributed by atoms with Crippen LogP contribution in [-0.2, 0) is 11.2 Å². The summed E-state index contributed by atoms with van der Waals surface area (Å²) in [6.45, 7) is 1.55. The molecule has 4 rings (SSSR count). The van der Waals surface area contributed by atoms with Crippen molar-refractivity contribution in [3.63, 3.8) is 0 Å². The summed E-state index contributed by atoms with van der Waals surface area (Å²) in [5.41, 5.74) is 2.36. The first kappa shape index (κ1) is 14.4. The summed E-state index contributed by atoms with van der Waals surface area (Å²) >= 11 is 1.97. The summed E-state index contributed by atoms with van der Waals surface area (Å²) in [5.74, 6) is 2.26. The lowest BCUT2D eigenvalue weighted by Crippen LogP contribution is -2.51.